The van der Waals surface area contributed by atoms with Gasteiger partial charge in [0, 0.05) is 24.2 Å². The van der Waals surface area contributed by atoms with Gasteiger partial charge in [-0.1, -0.05) is 31.5 Å². The van der Waals surface area contributed by atoms with Crippen molar-refractivity contribution in [2.45, 2.75) is 33.6 Å². The Balaban J connectivity index is 2.43. The molecule has 0 saturated heterocycles. The highest BCUT2D eigenvalue weighted by molar-refractivity contribution is 9.10. The molecule has 0 bridgehead atoms. The predicted octanol–water partition coefficient (Wildman–Crippen LogP) is 4.83. The van der Waals surface area contributed by atoms with Crippen LogP contribution in [0.1, 0.15) is 38.1 Å². The van der Waals surface area contributed by atoms with Crippen LogP contribution in [0.25, 0.3) is 0 Å². The van der Waals surface area contributed by atoms with Gasteiger partial charge in [0.25, 0.3) is 0 Å². The molecule has 0 amide bonds. The van der Waals surface area contributed by atoms with Crippen LogP contribution in [0.5, 0.6) is 0 Å². The second-order valence-corrected chi connectivity index (χ2v) is 5.95. The number of hydrogen-bond donors (Lipinski definition) is 0. The summed E-state index contributed by atoms with van der Waals surface area (Å²) in [6.45, 7) is 9.30. The molecule has 1 aromatic heterocycles. The molecule has 0 fully saturated rings. The monoisotopic (exact) mass is 333 g/mol. The zero-order valence-corrected chi connectivity index (χ0v) is 14.0. The zero-order valence-electron chi connectivity index (χ0n) is 12.4. The Hall–Kier alpha value is -1.42. The molecule has 0 saturated carbocycles. The Morgan fingerprint density at radius 2 is 1.80 bits per heavy atom. The first-order valence-corrected chi connectivity index (χ1v) is 7.69. The lowest BCUT2D eigenvalue weighted by molar-refractivity contribution is 0.764. The standard InChI is InChI=1S/C16H20BrN3/c1-5-20(13-8-6-12(4)7-9-13)15-10-14(17)18-16(19-15)11(2)3/h6-11H,5H2,1-4H3. The van der Waals surface area contributed by atoms with Gasteiger partial charge in [-0.05, 0) is 41.9 Å². The van der Waals surface area contributed by atoms with Crippen LogP contribution in [-0.4, -0.2) is 16.5 Å². The number of rotatable bonds is 4. The van der Waals surface area contributed by atoms with E-state index in [-0.39, 0.29) is 0 Å². The first kappa shape index (κ1) is 15.0. The van der Waals surface area contributed by atoms with Crippen LogP contribution in [-0.2, 0) is 0 Å². The molecule has 2 rings (SSSR count). The first-order chi connectivity index (χ1) is 9.51. The minimum absolute atomic E-state index is 0.308. The second kappa shape index (κ2) is 6.35. The summed E-state index contributed by atoms with van der Waals surface area (Å²) in [5, 5.41) is 0. The van der Waals surface area contributed by atoms with Gasteiger partial charge in [-0.25, -0.2) is 9.97 Å². The van der Waals surface area contributed by atoms with E-state index in [1.54, 1.807) is 0 Å². The number of aryl methyl sites for hydroxylation is 1. The summed E-state index contributed by atoms with van der Waals surface area (Å²) in [5.41, 5.74) is 2.41. The minimum atomic E-state index is 0.308. The molecule has 0 aliphatic carbocycles. The van der Waals surface area contributed by atoms with Crippen LogP contribution in [0.3, 0.4) is 0 Å². The molecule has 0 spiro atoms. The van der Waals surface area contributed by atoms with Crippen LogP contribution in [0.4, 0.5) is 11.5 Å². The maximum Gasteiger partial charge on any atom is 0.137 e. The Morgan fingerprint density at radius 3 is 2.35 bits per heavy atom. The van der Waals surface area contributed by atoms with Crippen molar-refractivity contribution in [1.82, 2.24) is 9.97 Å². The molecule has 0 aliphatic rings. The zero-order chi connectivity index (χ0) is 14.7. The van der Waals surface area contributed by atoms with Gasteiger partial charge in [-0.3, -0.25) is 0 Å². The largest absolute Gasteiger partial charge is 0.327 e. The summed E-state index contributed by atoms with van der Waals surface area (Å²) < 4.78 is 0.830. The van der Waals surface area contributed by atoms with Crippen molar-refractivity contribution in [2.24, 2.45) is 0 Å². The normalized spacial score (nSPS) is 10.9. The van der Waals surface area contributed by atoms with Crippen molar-refractivity contribution in [1.29, 1.82) is 0 Å². The summed E-state index contributed by atoms with van der Waals surface area (Å²) >= 11 is 3.49. The fourth-order valence-electron chi connectivity index (χ4n) is 2.02. The van der Waals surface area contributed by atoms with Crippen LogP contribution in [0.15, 0.2) is 34.9 Å². The topological polar surface area (TPSA) is 29.0 Å². The number of hydrogen-bond acceptors (Lipinski definition) is 3. The Labute approximate surface area is 129 Å². The molecular weight excluding hydrogens is 314 g/mol. The van der Waals surface area contributed by atoms with Gasteiger partial charge in [0.2, 0.25) is 0 Å². The molecule has 0 unspecified atom stereocenters. The van der Waals surface area contributed by atoms with Gasteiger partial charge < -0.3 is 4.90 Å². The maximum atomic E-state index is 4.69. The minimum Gasteiger partial charge on any atom is -0.327 e. The molecule has 4 heteroatoms. The maximum absolute atomic E-state index is 4.69. The molecule has 1 heterocycles. The summed E-state index contributed by atoms with van der Waals surface area (Å²) in [7, 11) is 0. The molecular formula is C16H20BrN3. The fourth-order valence-corrected chi connectivity index (χ4v) is 2.41. The number of benzene rings is 1. The van der Waals surface area contributed by atoms with Crippen molar-refractivity contribution in [3.05, 3.63) is 46.3 Å². The van der Waals surface area contributed by atoms with Gasteiger partial charge in [0.1, 0.15) is 16.2 Å². The highest BCUT2D eigenvalue weighted by Gasteiger charge is 2.13. The van der Waals surface area contributed by atoms with Gasteiger partial charge >= 0.3 is 0 Å². The lowest BCUT2D eigenvalue weighted by atomic mass is 10.2. The number of nitrogens with zero attached hydrogens (tertiary/aromatic N) is 3. The van der Waals surface area contributed by atoms with Gasteiger partial charge in [-0.2, -0.15) is 0 Å². The predicted molar refractivity (Wildman–Crippen MR) is 87.7 cm³/mol. The summed E-state index contributed by atoms with van der Waals surface area (Å²) in [6, 6.07) is 10.5. The van der Waals surface area contributed by atoms with Crippen molar-refractivity contribution >= 4 is 27.4 Å². The van der Waals surface area contributed by atoms with E-state index in [1.807, 2.05) is 6.07 Å². The quantitative estimate of drug-likeness (QED) is 0.750. The molecule has 0 atom stereocenters. The van der Waals surface area contributed by atoms with Crippen molar-refractivity contribution < 1.29 is 0 Å². The number of halogens is 1. The molecule has 106 valence electrons. The van der Waals surface area contributed by atoms with Gasteiger partial charge in [-0.15, -0.1) is 0 Å². The number of aromatic nitrogens is 2. The third kappa shape index (κ3) is 3.37. The van der Waals surface area contributed by atoms with E-state index in [1.165, 1.54) is 5.56 Å². The van der Waals surface area contributed by atoms with Crippen molar-refractivity contribution in [3.8, 4) is 0 Å². The van der Waals surface area contributed by atoms with E-state index in [4.69, 9.17) is 0 Å². The van der Waals surface area contributed by atoms with Gasteiger partial charge in [0.15, 0.2) is 0 Å². The highest BCUT2D eigenvalue weighted by Crippen LogP contribution is 2.27. The third-order valence-corrected chi connectivity index (χ3v) is 3.56. The van der Waals surface area contributed by atoms with E-state index in [9.17, 15) is 0 Å². The lowest BCUT2D eigenvalue weighted by Crippen LogP contribution is -2.18. The average Bonchev–Trinajstić information content (AvgIpc) is 2.41. The van der Waals surface area contributed by atoms with Crippen molar-refractivity contribution in [3.63, 3.8) is 0 Å². The van der Waals surface area contributed by atoms with Crippen LogP contribution in [0, 0.1) is 6.92 Å². The molecule has 0 aliphatic heterocycles. The van der Waals surface area contributed by atoms with Gasteiger partial charge in [0.05, 0.1) is 0 Å². The average molecular weight is 334 g/mol. The summed E-state index contributed by atoms with van der Waals surface area (Å²) in [6.07, 6.45) is 0. The third-order valence-electron chi connectivity index (χ3n) is 3.15. The van der Waals surface area contributed by atoms with E-state index >= 15 is 0 Å². The number of anilines is 2. The van der Waals surface area contributed by atoms with Crippen LogP contribution >= 0.6 is 15.9 Å². The fraction of sp³-hybridized carbons (Fsp3) is 0.375. The van der Waals surface area contributed by atoms with E-state index in [0.29, 0.717) is 5.92 Å². The highest BCUT2D eigenvalue weighted by atomic mass is 79.9. The second-order valence-electron chi connectivity index (χ2n) is 5.14. The lowest BCUT2D eigenvalue weighted by Gasteiger charge is -2.23. The summed E-state index contributed by atoms with van der Waals surface area (Å²) in [5.74, 6) is 2.10. The van der Waals surface area contributed by atoms with E-state index < -0.39 is 0 Å². The van der Waals surface area contributed by atoms with E-state index in [0.717, 1.165) is 28.5 Å². The molecule has 2 aromatic rings. The molecule has 1 aromatic carbocycles. The molecule has 0 radical (unpaired) electrons. The van der Waals surface area contributed by atoms with Crippen LogP contribution < -0.4 is 4.90 Å². The Kier molecular flexibility index (Phi) is 4.76. The SMILES string of the molecule is CCN(c1ccc(C)cc1)c1cc(Br)nc(C(C)C)n1. The smallest absolute Gasteiger partial charge is 0.137 e. The van der Waals surface area contributed by atoms with E-state index in [2.05, 4.69) is 82.8 Å². The summed E-state index contributed by atoms with van der Waals surface area (Å²) in [4.78, 5) is 11.3. The Morgan fingerprint density at radius 1 is 1.15 bits per heavy atom. The molecule has 20 heavy (non-hydrogen) atoms. The first-order valence-electron chi connectivity index (χ1n) is 6.90. The molecule has 3 nitrogen and oxygen atoms in total. The van der Waals surface area contributed by atoms with Crippen LogP contribution in [0.2, 0.25) is 0 Å². The van der Waals surface area contributed by atoms with Crippen molar-refractivity contribution in [2.75, 3.05) is 11.4 Å². The Bertz CT molecular complexity index is 579. The molecule has 0 N–H and O–H groups in total.